The summed E-state index contributed by atoms with van der Waals surface area (Å²) in [6.45, 7) is 35.1. The zero-order valence-corrected chi connectivity index (χ0v) is 42.4. The maximum Gasteiger partial charge on any atom is 0.309 e. The molecule has 0 aromatic heterocycles. The van der Waals surface area contributed by atoms with Crippen molar-refractivity contribution in [2.75, 3.05) is 26.2 Å². The normalized spacial score (nSPS) is 43.3. The summed E-state index contributed by atoms with van der Waals surface area (Å²) in [5, 5.41) is 20.0. The molecule has 8 fully saturated rings. The molecule has 2 heterocycles. The predicted octanol–water partition coefficient (Wildman–Crippen LogP) is 9.56. The van der Waals surface area contributed by atoms with Gasteiger partial charge in [-0.25, -0.2) is 0 Å². The Hall–Kier alpha value is -2.46. The van der Waals surface area contributed by atoms with E-state index in [0.29, 0.717) is 41.7 Å². The Bertz CT molecular complexity index is 1800. The number of allylic oxidation sites excluding steroid dienone is 1. The number of carboxylic acids is 1. The topological polar surface area (TPSA) is 137 Å². The summed E-state index contributed by atoms with van der Waals surface area (Å²) >= 11 is 0. The number of piperazine rings is 1. The van der Waals surface area contributed by atoms with Crippen LogP contribution in [0.3, 0.4) is 0 Å². The molecule has 6 aliphatic carbocycles. The summed E-state index contributed by atoms with van der Waals surface area (Å²) in [6.07, 6.45) is 14.0. The summed E-state index contributed by atoms with van der Waals surface area (Å²) in [6, 6.07) is 1.32. The Labute approximate surface area is 387 Å². The quantitative estimate of drug-likeness (QED) is 0.140. The van der Waals surface area contributed by atoms with Crippen LogP contribution in [-0.4, -0.2) is 84.2 Å². The van der Waals surface area contributed by atoms with Gasteiger partial charge < -0.3 is 30.7 Å². The van der Waals surface area contributed by atoms with Crippen molar-refractivity contribution in [2.24, 2.45) is 73.4 Å². The number of carbonyl (C=O) groups excluding carboxylic acids is 3. The van der Waals surface area contributed by atoms with Gasteiger partial charge in [-0.05, 0) is 176 Å². The number of aliphatic carboxylic acids is 1. The van der Waals surface area contributed by atoms with E-state index in [2.05, 4.69) is 96.7 Å². The molecule has 0 aromatic carbocycles. The van der Waals surface area contributed by atoms with Gasteiger partial charge in [-0.15, -0.1) is 0 Å². The Balaban J connectivity index is 0.000000691. The standard InChI is InChI=1S/C48H76N2O6.C6H14N2/c1-29(2)30-17-22-48(40(53)49-35-27-32(43(35,5)6)39(52)50-25-13-12-14-26-50)24-23-46(10)31(38(30)48)15-16-34-45(9)20-19-36(56-37(51)28-42(3,4)41(54)55)44(7,8)33(45)18-21-47(34,46)11;1-5-3-7-4-6(2)8-5/h30-36,38H,1,12-28H2,2-11H3,(H,49,53)(H,54,55);5-8H,3-4H2,1-2H3/t30-,31?,32+,33?,34?,35+,36-,38?,45-,46+,47+,48-;/m0./s1. The van der Waals surface area contributed by atoms with Crippen LogP contribution >= 0.6 is 0 Å². The number of fused-ring (bicyclic) bond motifs is 7. The van der Waals surface area contributed by atoms with E-state index in [1.54, 1.807) is 13.8 Å². The molecule has 64 heavy (non-hydrogen) atoms. The van der Waals surface area contributed by atoms with Gasteiger partial charge in [0.2, 0.25) is 11.8 Å². The number of carbonyl (C=O) groups is 4. The van der Waals surface area contributed by atoms with Crippen LogP contribution in [-0.2, 0) is 23.9 Å². The van der Waals surface area contributed by atoms with E-state index in [0.717, 1.165) is 110 Å². The summed E-state index contributed by atoms with van der Waals surface area (Å²) in [5.41, 5.74) is -0.492. The lowest BCUT2D eigenvalue weighted by Crippen LogP contribution is -2.68. The van der Waals surface area contributed by atoms with E-state index in [4.69, 9.17) is 4.74 Å². The number of rotatable bonds is 8. The van der Waals surface area contributed by atoms with Gasteiger partial charge in [0.25, 0.3) is 0 Å². The first-order valence-corrected chi connectivity index (χ1v) is 25.9. The minimum absolute atomic E-state index is 0.0193. The summed E-state index contributed by atoms with van der Waals surface area (Å²) in [4.78, 5) is 55.6. The second-order valence-electron chi connectivity index (χ2n) is 25.7. The Morgan fingerprint density at radius 1 is 0.797 bits per heavy atom. The van der Waals surface area contributed by atoms with Crippen molar-refractivity contribution < 1.29 is 29.0 Å². The van der Waals surface area contributed by atoms with Crippen LogP contribution in [0.1, 0.15) is 179 Å². The number of likely N-dealkylation sites (tertiary alicyclic amines) is 1. The van der Waals surface area contributed by atoms with E-state index in [-0.39, 0.29) is 63.4 Å². The molecule has 4 N–H and O–H groups in total. The first-order chi connectivity index (χ1) is 29.8. The first-order valence-electron chi connectivity index (χ1n) is 25.9. The molecule has 14 atom stereocenters. The third-order valence-electron chi connectivity index (χ3n) is 20.9. The highest BCUT2D eigenvalue weighted by molar-refractivity contribution is 5.86. The van der Waals surface area contributed by atoms with Crippen molar-refractivity contribution >= 4 is 23.8 Å². The van der Waals surface area contributed by atoms with Gasteiger partial charge in [0, 0.05) is 55.6 Å². The second kappa shape index (κ2) is 17.6. The highest BCUT2D eigenvalue weighted by Crippen LogP contribution is 2.77. The largest absolute Gasteiger partial charge is 0.481 e. The second-order valence-corrected chi connectivity index (χ2v) is 25.7. The Morgan fingerprint density at radius 2 is 1.45 bits per heavy atom. The lowest BCUT2D eigenvalue weighted by Gasteiger charge is -2.73. The molecule has 8 rings (SSSR count). The molecule has 2 amide bonds. The monoisotopic (exact) mass is 891 g/mol. The summed E-state index contributed by atoms with van der Waals surface area (Å²) in [5.74, 6) is 1.12. The number of carboxylic acid groups (broad SMARTS) is 1. The van der Waals surface area contributed by atoms with Crippen LogP contribution in [0.15, 0.2) is 12.2 Å². The van der Waals surface area contributed by atoms with Gasteiger partial charge in [0.15, 0.2) is 0 Å². The molecule has 0 radical (unpaired) electrons. The van der Waals surface area contributed by atoms with Gasteiger partial charge in [0.05, 0.1) is 17.3 Å². The maximum atomic E-state index is 15.0. The predicted molar refractivity (Wildman–Crippen MR) is 254 cm³/mol. The number of piperidine rings is 1. The SMILES string of the molecule is C=C(C)[C@@H]1CC[C@]2(C(=O)N[C@@H]3C[C@H](C(=O)N4CCCCC4)C3(C)C)CC[C@]3(C)C(CCC4[C@@]5(C)CC[C@H](OC(=O)CC(C)(C)C(=O)O)C(C)(C)C5CC[C@]43C)C12.CC1CNCC(C)N1. The molecule has 2 aliphatic heterocycles. The Kier molecular flexibility index (Phi) is 13.6. The van der Waals surface area contributed by atoms with Crippen molar-refractivity contribution in [3.05, 3.63) is 12.2 Å². The minimum Gasteiger partial charge on any atom is -0.481 e. The van der Waals surface area contributed by atoms with E-state index in [9.17, 15) is 19.5 Å². The van der Waals surface area contributed by atoms with Crippen molar-refractivity contribution in [1.29, 1.82) is 0 Å². The van der Waals surface area contributed by atoms with E-state index < -0.39 is 22.8 Å². The highest BCUT2D eigenvalue weighted by atomic mass is 16.5. The number of esters is 1. The van der Waals surface area contributed by atoms with Crippen LogP contribution < -0.4 is 16.0 Å². The summed E-state index contributed by atoms with van der Waals surface area (Å²) < 4.78 is 6.20. The molecule has 10 heteroatoms. The zero-order chi connectivity index (χ0) is 47.0. The van der Waals surface area contributed by atoms with Gasteiger partial charge in [-0.2, -0.15) is 0 Å². The van der Waals surface area contributed by atoms with Gasteiger partial charge in [-0.3, -0.25) is 19.2 Å². The van der Waals surface area contributed by atoms with Crippen molar-refractivity contribution in [2.45, 2.75) is 204 Å². The number of hydrogen-bond donors (Lipinski definition) is 4. The fraction of sp³-hybridized carbons (Fsp3) is 0.889. The molecule has 0 aromatic rings. The van der Waals surface area contributed by atoms with E-state index in [1.807, 2.05) is 0 Å². The molecule has 6 unspecified atom stereocenters. The molecule has 2 saturated heterocycles. The average Bonchev–Trinajstić information content (AvgIpc) is 3.62. The molecule has 0 spiro atoms. The number of nitrogens with one attached hydrogen (secondary N) is 3. The van der Waals surface area contributed by atoms with E-state index >= 15 is 4.79 Å². The number of nitrogens with zero attached hydrogens (tertiary/aromatic N) is 1. The van der Waals surface area contributed by atoms with Crippen LogP contribution in [0.5, 0.6) is 0 Å². The molecule has 10 nitrogen and oxygen atoms in total. The number of ether oxygens (including phenoxy) is 1. The van der Waals surface area contributed by atoms with Crippen LogP contribution in [0, 0.1) is 73.4 Å². The van der Waals surface area contributed by atoms with Crippen molar-refractivity contribution in [1.82, 2.24) is 20.9 Å². The van der Waals surface area contributed by atoms with E-state index in [1.165, 1.54) is 12.0 Å². The molecule has 0 bridgehead atoms. The average molecular weight is 891 g/mol. The van der Waals surface area contributed by atoms with Crippen molar-refractivity contribution in [3.63, 3.8) is 0 Å². The minimum atomic E-state index is -1.16. The number of hydrogen-bond acceptors (Lipinski definition) is 7. The zero-order valence-electron chi connectivity index (χ0n) is 42.4. The maximum absolute atomic E-state index is 15.0. The van der Waals surface area contributed by atoms with Crippen molar-refractivity contribution in [3.8, 4) is 0 Å². The Morgan fingerprint density at radius 3 is 2.03 bits per heavy atom. The van der Waals surface area contributed by atoms with Gasteiger partial charge >= 0.3 is 11.9 Å². The fourth-order valence-corrected chi connectivity index (χ4v) is 16.7. The molecule has 6 saturated carbocycles. The first kappa shape index (κ1) is 49.4. The van der Waals surface area contributed by atoms with Gasteiger partial charge in [-0.1, -0.05) is 60.6 Å². The van der Waals surface area contributed by atoms with Crippen LogP contribution in [0.4, 0.5) is 0 Å². The summed E-state index contributed by atoms with van der Waals surface area (Å²) in [7, 11) is 0. The highest BCUT2D eigenvalue weighted by Gasteiger charge is 2.72. The smallest absolute Gasteiger partial charge is 0.309 e. The lowest BCUT2D eigenvalue weighted by atomic mass is 9.32. The fourth-order valence-electron chi connectivity index (χ4n) is 16.7. The third kappa shape index (κ3) is 8.22. The van der Waals surface area contributed by atoms with Crippen LogP contribution in [0.2, 0.25) is 0 Å². The number of amides is 2. The molecular formula is C54H90N4O6. The van der Waals surface area contributed by atoms with Gasteiger partial charge in [0.1, 0.15) is 6.10 Å². The molecule has 8 aliphatic rings. The third-order valence-corrected chi connectivity index (χ3v) is 20.9. The molecule has 362 valence electrons. The molecular weight excluding hydrogens is 801 g/mol. The lowest BCUT2D eigenvalue weighted by molar-refractivity contribution is -0.249. The van der Waals surface area contributed by atoms with Crippen LogP contribution in [0.25, 0.3) is 0 Å².